The summed E-state index contributed by atoms with van der Waals surface area (Å²) in [7, 11) is 0. The lowest BCUT2D eigenvalue weighted by molar-refractivity contribution is 0.0687. The number of ether oxygens (including phenoxy) is 1. The Kier molecular flexibility index (Phi) is 4.57. The van der Waals surface area contributed by atoms with Crippen LogP contribution in [0.5, 0.6) is 0 Å². The fourth-order valence-corrected chi connectivity index (χ4v) is 2.70. The molecule has 7 heteroatoms. The summed E-state index contributed by atoms with van der Waals surface area (Å²) in [5, 5.41) is 5.76. The van der Waals surface area contributed by atoms with Crippen LogP contribution in [0.1, 0.15) is 6.92 Å². The predicted molar refractivity (Wildman–Crippen MR) is 86.2 cm³/mol. The Balaban J connectivity index is 1.66. The molecule has 122 valence electrons. The summed E-state index contributed by atoms with van der Waals surface area (Å²) in [6.45, 7) is 5.20. The van der Waals surface area contributed by atoms with Gasteiger partial charge in [0.25, 0.3) is 5.56 Å². The number of amides is 1. The first-order chi connectivity index (χ1) is 11.2. The van der Waals surface area contributed by atoms with Gasteiger partial charge >= 0.3 is 6.09 Å². The van der Waals surface area contributed by atoms with E-state index in [1.807, 2.05) is 24.3 Å². The molecular formula is C16H20N4O3. The average Bonchev–Trinajstić information content (AvgIpc) is 2.58. The zero-order chi connectivity index (χ0) is 16.2. The van der Waals surface area contributed by atoms with Crippen LogP contribution in [0.4, 0.5) is 4.79 Å². The van der Waals surface area contributed by atoms with Gasteiger partial charge in [0.1, 0.15) is 0 Å². The van der Waals surface area contributed by atoms with Crippen molar-refractivity contribution in [2.24, 2.45) is 0 Å². The number of hydrogen-bond acceptors (Lipinski definition) is 5. The SMILES string of the molecule is CCOC(=O)N1CCN(Cn2ncc3ccccc3c2=O)CC1. The van der Waals surface area contributed by atoms with Crippen LogP contribution in [-0.2, 0) is 11.4 Å². The highest BCUT2D eigenvalue weighted by Gasteiger charge is 2.22. The fraction of sp³-hybridized carbons (Fsp3) is 0.438. The van der Waals surface area contributed by atoms with Gasteiger partial charge in [-0.05, 0) is 13.0 Å². The molecule has 0 saturated carbocycles. The van der Waals surface area contributed by atoms with Crippen LogP contribution in [0, 0.1) is 0 Å². The van der Waals surface area contributed by atoms with Crippen LogP contribution in [-0.4, -0.2) is 58.5 Å². The Morgan fingerprint density at radius 2 is 1.96 bits per heavy atom. The van der Waals surface area contributed by atoms with E-state index in [2.05, 4.69) is 10.00 Å². The molecule has 0 N–H and O–H groups in total. The molecule has 1 aliphatic heterocycles. The molecule has 0 bridgehead atoms. The Morgan fingerprint density at radius 1 is 1.22 bits per heavy atom. The Hall–Kier alpha value is -2.41. The molecule has 0 atom stereocenters. The zero-order valence-electron chi connectivity index (χ0n) is 13.1. The molecule has 2 aromatic rings. The first-order valence-corrected chi connectivity index (χ1v) is 7.78. The van der Waals surface area contributed by atoms with Gasteiger partial charge in [-0.25, -0.2) is 9.48 Å². The number of carbonyl (C=O) groups excluding carboxylic acids is 1. The fourth-order valence-electron chi connectivity index (χ4n) is 2.70. The maximum Gasteiger partial charge on any atom is 0.409 e. The maximum absolute atomic E-state index is 12.4. The van der Waals surface area contributed by atoms with Gasteiger partial charge in [0.15, 0.2) is 0 Å². The third-order valence-corrected chi connectivity index (χ3v) is 3.99. The average molecular weight is 316 g/mol. The molecule has 23 heavy (non-hydrogen) atoms. The molecule has 3 rings (SSSR count). The van der Waals surface area contributed by atoms with Crippen molar-refractivity contribution in [2.45, 2.75) is 13.6 Å². The summed E-state index contributed by atoms with van der Waals surface area (Å²) in [5.74, 6) is 0. The van der Waals surface area contributed by atoms with Crippen molar-refractivity contribution in [3.05, 3.63) is 40.8 Å². The molecule has 2 heterocycles. The highest BCUT2D eigenvalue weighted by molar-refractivity contribution is 5.80. The Labute approximate surface area is 134 Å². The van der Waals surface area contributed by atoms with Gasteiger partial charge in [-0.3, -0.25) is 9.69 Å². The number of carbonyl (C=O) groups is 1. The summed E-state index contributed by atoms with van der Waals surface area (Å²) >= 11 is 0. The normalized spacial score (nSPS) is 15.8. The van der Waals surface area contributed by atoms with Gasteiger partial charge < -0.3 is 9.64 Å². The van der Waals surface area contributed by atoms with Gasteiger partial charge in [0, 0.05) is 31.6 Å². The van der Waals surface area contributed by atoms with Crippen molar-refractivity contribution in [2.75, 3.05) is 32.8 Å². The van der Waals surface area contributed by atoms with Crippen LogP contribution in [0.25, 0.3) is 10.8 Å². The van der Waals surface area contributed by atoms with Gasteiger partial charge in [-0.15, -0.1) is 0 Å². The molecule has 0 aliphatic carbocycles. The number of benzene rings is 1. The van der Waals surface area contributed by atoms with E-state index < -0.39 is 0 Å². The molecule has 1 aromatic heterocycles. The third kappa shape index (κ3) is 3.34. The van der Waals surface area contributed by atoms with Crippen molar-refractivity contribution in [1.29, 1.82) is 0 Å². The largest absolute Gasteiger partial charge is 0.450 e. The van der Waals surface area contributed by atoms with Gasteiger partial charge in [-0.1, -0.05) is 18.2 Å². The molecule has 1 aromatic carbocycles. The molecule has 1 fully saturated rings. The van der Waals surface area contributed by atoms with E-state index in [0.717, 1.165) is 5.39 Å². The quantitative estimate of drug-likeness (QED) is 0.849. The van der Waals surface area contributed by atoms with Crippen molar-refractivity contribution < 1.29 is 9.53 Å². The van der Waals surface area contributed by atoms with Crippen molar-refractivity contribution in [1.82, 2.24) is 19.6 Å². The topological polar surface area (TPSA) is 67.7 Å². The molecule has 7 nitrogen and oxygen atoms in total. The van der Waals surface area contributed by atoms with Gasteiger partial charge in [-0.2, -0.15) is 5.10 Å². The monoisotopic (exact) mass is 316 g/mol. The summed E-state index contributed by atoms with van der Waals surface area (Å²) in [5.41, 5.74) is -0.0871. The predicted octanol–water partition coefficient (Wildman–Crippen LogP) is 1.13. The lowest BCUT2D eigenvalue weighted by Crippen LogP contribution is -2.50. The Morgan fingerprint density at radius 3 is 2.70 bits per heavy atom. The van der Waals surface area contributed by atoms with Gasteiger partial charge in [0.2, 0.25) is 0 Å². The van der Waals surface area contributed by atoms with E-state index in [4.69, 9.17) is 4.74 Å². The van der Waals surface area contributed by atoms with E-state index >= 15 is 0 Å². The molecule has 0 radical (unpaired) electrons. The second-order valence-electron chi connectivity index (χ2n) is 5.48. The Bertz CT molecular complexity index is 750. The molecule has 1 aliphatic rings. The van der Waals surface area contributed by atoms with E-state index in [9.17, 15) is 9.59 Å². The van der Waals surface area contributed by atoms with Crippen molar-refractivity contribution >= 4 is 16.9 Å². The molecular weight excluding hydrogens is 296 g/mol. The minimum absolute atomic E-state index is 0.0871. The van der Waals surface area contributed by atoms with Crippen LogP contribution >= 0.6 is 0 Å². The lowest BCUT2D eigenvalue weighted by atomic mass is 10.2. The van der Waals surface area contributed by atoms with Crippen LogP contribution in [0.15, 0.2) is 35.3 Å². The number of nitrogens with zero attached hydrogens (tertiary/aromatic N) is 4. The van der Waals surface area contributed by atoms with Gasteiger partial charge in [0.05, 0.1) is 24.9 Å². The number of hydrogen-bond donors (Lipinski definition) is 0. The number of rotatable bonds is 3. The number of aromatic nitrogens is 2. The maximum atomic E-state index is 12.4. The third-order valence-electron chi connectivity index (χ3n) is 3.99. The minimum Gasteiger partial charge on any atom is -0.450 e. The van der Waals surface area contributed by atoms with Crippen molar-refractivity contribution in [3.8, 4) is 0 Å². The van der Waals surface area contributed by atoms with Crippen LogP contribution in [0.3, 0.4) is 0 Å². The van der Waals surface area contributed by atoms with E-state index in [0.29, 0.717) is 44.8 Å². The molecule has 1 amide bonds. The zero-order valence-corrected chi connectivity index (χ0v) is 13.1. The second-order valence-corrected chi connectivity index (χ2v) is 5.48. The molecule has 0 unspecified atom stereocenters. The van der Waals surface area contributed by atoms with E-state index in [-0.39, 0.29) is 11.7 Å². The van der Waals surface area contributed by atoms with Crippen LogP contribution in [0.2, 0.25) is 0 Å². The summed E-state index contributed by atoms with van der Waals surface area (Å²) in [4.78, 5) is 27.9. The van der Waals surface area contributed by atoms with E-state index in [1.165, 1.54) is 4.68 Å². The molecule has 0 spiro atoms. The first kappa shape index (κ1) is 15.5. The summed E-state index contributed by atoms with van der Waals surface area (Å²) < 4.78 is 6.48. The highest BCUT2D eigenvalue weighted by atomic mass is 16.6. The highest BCUT2D eigenvalue weighted by Crippen LogP contribution is 2.08. The first-order valence-electron chi connectivity index (χ1n) is 7.78. The number of fused-ring (bicyclic) bond motifs is 1. The van der Waals surface area contributed by atoms with Crippen LogP contribution < -0.4 is 5.56 Å². The minimum atomic E-state index is -0.270. The second kappa shape index (κ2) is 6.78. The van der Waals surface area contributed by atoms with Crippen molar-refractivity contribution in [3.63, 3.8) is 0 Å². The van der Waals surface area contributed by atoms with E-state index in [1.54, 1.807) is 18.0 Å². The summed E-state index contributed by atoms with van der Waals surface area (Å²) in [6, 6.07) is 7.44. The standard InChI is InChI=1S/C16H20N4O3/c1-2-23-16(22)19-9-7-18(8-10-19)12-20-15(21)14-6-4-3-5-13(14)11-17-20/h3-6,11H,2,7-10,12H2,1H3. The summed E-state index contributed by atoms with van der Waals surface area (Å²) in [6.07, 6.45) is 1.44. The lowest BCUT2D eigenvalue weighted by Gasteiger charge is -2.33. The number of piperazine rings is 1. The molecule has 1 saturated heterocycles. The smallest absolute Gasteiger partial charge is 0.409 e.